The van der Waals surface area contributed by atoms with E-state index < -0.39 is 18.8 Å². The lowest BCUT2D eigenvalue weighted by molar-refractivity contribution is -0.192. The van der Waals surface area contributed by atoms with Crippen molar-refractivity contribution in [3.63, 3.8) is 0 Å². The van der Waals surface area contributed by atoms with Crippen molar-refractivity contribution in [3.05, 3.63) is 0 Å². The molecule has 0 aromatic rings. The molecule has 5 nitrogen and oxygen atoms in total. The Labute approximate surface area is 169 Å². The first-order chi connectivity index (χ1) is 13.7. The third-order valence-electron chi connectivity index (χ3n) is 6.48. The van der Waals surface area contributed by atoms with Crippen LogP contribution in [0.4, 0.5) is 17.6 Å². The molecule has 1 unspecified atom stereocenters. The molecule has 1 atom stereocenters. The van der Waals surface area contributed by atoms with Gasteiger partial charge in [0.05, 0.1) is 0 Å². The zero-order valence-electron chi connectivity index (χ0n) is 16.9. The van der Waals surface area contributed by atoms with Gasteiger partial charge < -0.3 is 14.9 Å². The molecule has 0 aromatic heterocycles. The SMILES string of the molecule is O=C(O)C(F)(F)F.O=C1CCC2(CCCN(CC3CCCCC3)CC2)N1CCF. The lowest BCUT2D eigenvalue weighted by atomic mass is 9.87. The zero-order valence-corrected chi connectivity index (χ0v) is 16.9. The Hall–Kier alpha value is -1.38. The largest absolute Gasteiger partial charge is 0.490 e. The second-order valence-electron chi connectivity index (χ2n) is 8.42. The Bertz CT molecular complexity index is 552. The number of carbonyl (C=O) groups is 2. The summed E-state index contributed by atoms with van der Waals surface area (Å²) in [7, 11) is 0. The first kappa shape index (κ1) is 23.9. The molecule has 3 aliphatic rings. The first-order valence-electron chi connectivity index (χ1n) is 10.6. The third kappa shape index (κ3) is 6.83. The average molecular weight is 424 g/mol. The summed E-state index contributed by atoms with van der Waals surface area (Å²) in [6.45, 7) is 3.40. The Morgan fingerprint density at radius 1 is 1.07 bits per heavy atom. The van der Waals surface area contributed by atoms with E-state index in [-0.39, 0.29) is 11.4 Å². The highest BCUT2D eigenvalue weighted by atomic mass is 19.4. The van der Waals surface area contributed by atoms with Crippen LogP contribution in [-0.2, 0) is 9.59 Å². The van der Waals surface area contributed by atoms with Gasteiger partial charge in [0.1, 0.15) is 6.67 Å². The highest BCUT2D eigenvalue weighted by Gasteiger charge is 2.45. The number of hydrogen-bond acceptors (Lipinski definition) is 3. The number of carboxylic acids is 1. The van der Waals surface area contributed by atoms with Crippen LogP contribution < -0.4 is 0 Å². The Morgan fingerprint density at radius 3 is 2.31 bits per heavy atom. The van der Waals surface area contributed by atoms with Crippen molar-refractivity contribution in [2.24, 2.45) is 5.92 Å². The van der Waals surface area contributed by atoms with E-state index in [1.54, 1.807) is 0 Å². The second-order valence-corrected chi connectivity index (χ2v) is 8.42. The van der Waals surface area contributed by atoms with Gasteiger partial charge in [-0.25, -0.2) is 9.18 Å². The third-order valence-corrected chi connectivity index (χ3v) is 6.48. The molecular formula is C20H32F4N2O3. The summed E-state index contributed by atoms with van der Waals surface area (Å²) in [5.74, 6) is -1.69. The standard InChI is InChI=1S/C18H31FN2O.C2HF3O2/c19-11-14-21-17(22)7-9-18(21)8-4-12-20(13-10-18)15-16-5-2-1-3-6-16;3-2(4,5)1(6)7/h16H,1-15H2;(H,6,7). The number of alkyl halides is 4. The molecule has 1 spiro atoms. The fourth-order valence-electron chi connectivity index (χ4n) is 4.99. The van der Waals surface area contributed by atoms with Crippen molar-refractivity contribution in [2.45, 2.75) is 75.9 Å². The van der Waals surface area contributed by atoms with Gasteiger partial charge in [-0.3, -0.25) is 4.79 Å². The molecule has 1 aliphatic carbocycles. The minimum absolute atomic E-state index is 0.0233. The Balaban J connectivity index is 0.000000370. The monoisotopic (exact) mass is 424 g/mol. The van der Waals surface area contributed by atoms with E-state index in [9.17, 15) is 22.4 Å². The van der Waals surface area contributed by atoms with Gasteiger partial charge in [0, 0.05) is 31.6 Å². The lowest BCUT2D eigenvalue weighted by Crippen LogP contribution is -2.47. The van der Waals surface area contributed by atoms with Crippen molar-refractivity contribution >= 4 is 11.9 Å². The summed E-state index contributed by atoms with van der Waals surface area (Å²) in [6.07, 6.45) is 6.78. The van der Waals surface area contributed by atoms with Crippen LogP contribution in [0.15, 0.2) is 0 Å². The van der Waals surface area contributed by atoms with E-state index in [0.717, 1.165) is 44.7 Å². The topological polar surface area (TPSA) is 60.9 Å². The van der Waals surface area contributed by atoms with Crippen molar-refractivity contribution < 1.29 is 32.3 Å². The number of halogens is 4. The molecule has 2 aliphatic heterocycles. The van der Waals surface area contributed by atoms with Crippen LogP contribution >= 0.6 is 0 Å². The minimum atomic E-state index is -5.08. The van der Waals surface area contributed by atoms with E-state index in [2.05, 4.69) is 4.90 Å². The number of hydrogen-bond donors (Lipinski definition) is 1. The molecule has 0 aromatic carbocycles. The molecule has 9 heteroatoms. The van der Waals surface area contributed by atoms with Gasteiger partial charge in [0.2, 0.25) is 5.91 Å². The Morgan fingerprint density at radius 2 is 1.72 bits per heavy atom. The van der Waals surface area contributed by atoms with Gasteiger partial charge in [-0.2, -0.15) is 13.2 Å². The van der Waals surface area contributed by atoms with Gasteiger partial charge in [-0.05, 0) is 51.0 Å². The molecule has 2 heterocycles. The van der Waals surface area contributed by atoms with E-state index in [1.165, 1.54) is 38.6 Å². The second kappa shape index (κ2) is 10.6. The highest BCUT2D eigenvalue weighted by molar-refractivity contribution is 5.79. The molecule has 3 fully saturated rings. The molecule has 0 radical (unpaired) electrons. The van der Waals surface area contributed by atoms with Crippen LogP contribution in [0, 0.1) is 5.92 Å². The molecule has 3 rings (SSSR count). The molecule has 1 amide bonds. The molecular weight excluding hydrogens is 392 g/mol. The highest BCUT2D eigenvalue weighted by Crippen LogP contribution is 2.39. The smallest absolute Gasteiger partial charge is 0.475 e. The van der Waals surface area contributed by atoms with Crippen LogP contribution in [0.1, 0.15) is 64.2 Å². The first-order valence-corrected chi connectivity index (χ1v) is 10.6. The van der Waals surface area contributed by atoms with Gasteiger partial charge in [-0.15, -0.1) is 0 Å². The van der Waals surface area contributed by atoms with Crippen LogP contribution in [0.3, 0.4) is 0 Å². The van der Waals surface area contributed by atoms with Crippen LogP contribution in [-0.4, -0.2) is 71.4 Å². The summed E-state index contributed by atoms with van der Waals surface area (Å²) < 4.78 is 44.6. The summed E-state index contributed by atoms with van der Waals surface area (Å²) in [6, 6.07) is 0. The van der Waals surface area contributed by atoms with E-state index in [1.807, 2.05) is 4.90 Å². The van der Waals surface area contributed by atoms with Gasteiger partial charge in [-0.1, -0.05) is 19.3 Å². The molecule has 0 bridgehead atoms. The van der Waals surface area contributed by atoms with E-state index >= 15 is 0 Å². The molecule has 29 heavy (non-hydrogen) atoms. The fraction of sp³-hybridized carbons (Fsp3) is 0.900. The molecule has 1 N–H and O–H groups in total. The van der Waals surface area contributed by atoms with Gasteiger partial charge in [0.25, 0.3) is 0 Å². The number of aliphatic carboxylic acids is 1. The maximum absolute atomic E-state index is 12.8. The normalized spacial score (nSPS) is 26.9. The van der Waals surface area contributed by atoms with Crippen LogP contribution in [0.2, 0.25) is 0 Å². The molecule has 1 saturated carbocycles. The van der Waals surface area contributed by atoms with Crippen LogP contribution in [0.5, 0.6) is 0 Å². The number of carbonyl (C=O) groups excluding carboxylic acids is 1. The summed E-state index contributed by atoms with van der Waals surface area (Å²) in [4.78, 5) is 25.5. The number of likely N-dealkylation sites (tertiary alicyclic amines) is 2. The predicted octanol–water partition coefficient (Wildman–Crippen LogP) is 4.02. The van der Waals surface area contributed by atoms with Crippen molar-refractivity contribution in [1.82, 2.24) is 9.80 Å². The number of carboxylic acid groups (broad SMARTS) is 1. The quantitative estimate of drug-likeness (QED) is 0.693. The maximum Gasteiger partial charge on any atom is 0.490 e. The van der Waals surface area contributed by atoms with E-state index in [0.29, 0.717) is 13.0 Å². The Kier molecular flexibility index (Phi) is 8.73. The lowest BCUT2D eigenvalue weighted by Gasteiger charge is -2.38. The summed E-state index contributed by atoms with van der Waals surface area (Å²) >= 11 is 0. The van der Waals surface area contributed by atoms with Gasteiger partial charge >= 0.3 is 12.1 Å². The average Bonchev–Trinajstić information content (AvgIpc) is 2.84. The van der Waals surface area contributed by atoms with Crippen molar-refractivity contribution in [2.75, 3.05) is 32.9 Å². The molecule has 2 saturated heterocycles. The summed E-state index contributed by atoms with van der Waals surface area (Å²) in [5.41, 5.74) is -0.0233. The number of amides is 1. The maximum atomic E-state index is 12.8. The van der Waals surface area contributed by atoms with Crippen molar-refractivity contribution in [1.29, 1.82) is 0 Å². The van der Waals surface area contributed by atoms with E-state index in [4.69, 9.17) is 9.90 Å². The molecule has 168 valence electrons. The van der Waals surface area contributed by atoms with Crippen LogP contribution in [0.25, 0.3) is 0 Å². The number of nitrogens with zero attached hydrogens (tertiary/aromatic N) is 2. The van der Waals surface area contributed by atoms with Crippen molar-refractivity contribution in [3.8, 4) is 0 Å². The predicted molar refractivity (Wildman–Crippen MR) is 100 cm³/mol. The summed E-state index contributed by atoms with van der Waals surface area (Å²) in [5, 5.41) is 7.12. The fourth-order valence-corrected chi connectivity index (χ4v) is 4.99. The zero-order chi connectivity index (χ0) is 21.5. The minimum Gasteiger partial charge on any atom is -0.475 e. The number of rotatable bonds is 4. The van der Waals surface area contributed by atoms with Gasteiger partial charge in [0.15, 0.2) is 0 Å².